The van der Waals surface area contributed by atoms with Gasteiger partial charge in [-0.2, -0.15) is 4.52 Å². The number of fused-ring (bicyclic) bond motifs is 3. The molecule has 6 heteroatoms. The maximum atomic E-state index is 5.66. The quantitative estimate of drug-likeness (QED) is 0.651. The van der Waals surface area contributed by atoms with Crippen LogP contribution < -0.4 is 10.5 Å². The molecular weight excluding hydrogens is 206 g/mol. The molecule has 6 nitrogen and oxygen atoms in total. The Morgan fingerprint density at radius 2 is 1.94 bits per heavy atom. The number of nitrogens with two attached hydrogens (primary N) is 1. The standard InChI is InChI=1S/C10H9N5O/c1-16-9-7-5-3-2-4-6(7)8-12-13-10(11)15(8)14-9/h2-5H,1H3,(H2,11,13). The second-order valence-corrected chi connectivity index (χ2v) is 3.35. The molecule has 80 valence electrons. The highest BCUT2D eigenvalue weighted by Crippen LogP contribution is 2.26. The van der Waals surface area contributed by atoms with E-state index in [2.05, 4.69) is 15.3 Å². The number of benzene rings is 1. The van der Waals surface area contributed by atoms with Crippen molar-refractivity contribution < 1.29 is 4.74 Å². The Morgan fingerprint density at radius 1 is 1.19 bits per heavy atom. The lowest BCUT2D eigenvalue weighted by Crippen LogP contribution is -2.01. The lowest BCUT2D eigenvalue weighted by Gasteiger charge is -2.05. The van der Waals surface area contributed by atoms with E-state index < -0.39 is 0 Å². The van der Waals surface area contributed by atoms with E-state index >= 15 is 0 Å². The number of ether oxygens (including phenoxy) is 1. The van der Waals surface area contributed by atoms with Crippen LogP contribution in [0.3, 0.4) is 0 Å². The van der Waals surface area contributed by atoms with Gasteiger partial charge in [0.05, 0.1) is 7.11 Å². The third kappa shape index (κ3) is 1.04. The number of rotatable bonds is 1. The van der Waals surface area contributed by atoms with Gasteiger partial charge in [-0.1, -0.05) is 18.2 Å². The fourth-order valence-corrected chi connectivity index (χ4v) is 1.72. The molecule has 0 spiro atoms. The molecule has 0 radical (unpaired) electrons. The van der Waals surface area contributed by atoms with Gasteiger partial charge in [-0.3, -0.25) is 0 Å². The van der Waals surface area contributed by atoms with Crippen LogP contribution in [0.25, 0.3) is 16.4 Å². The van der Waals surface area contributed by atoms with E-state index in [0.29, 0.717) is 11.5 Å². The molecule has 0 bridgehead atoms. The Morgan fingerprint density at radius 3 is 2.69 bits per heavy atom. The Balaban J connectivity index is 2.58. The van der Waals surface area contributed by atoms with Gasteiger partial charge in [0.15, 0.2) is 5.65 Å². The second kappa shape index (κ2) is 3.06. The van der Waals surface area contributed by atoms with Crippen LogP contribution in [-0.2, 0) is 0 Å². The van der Waals surface area contributed by atoms with Crippen molar-refractivity contribution in [1.29, 1.82) is 0 Å². The Hall–Kier alpha value is -2.37. The maximum absolute atomic E-state index is 5.66. The molecule has 0 aliphatic heterocycles. The highest BCUT2D eigenvalue weighted by Gasteiger charge is 2.11. The molecule has 0 fully saturated rings. The van der Waals surface area contributed by atoms with Gasteiger partial charge in [0.2, 0.25) is 11.8 Å². The summed E-state index contributed by atoms with van der Waals surface area (Å²) in [5, 5.41) is 13.8. The SMILES string of the molecule is COc1nn2c(N)nnc2c2ccccc12. The Bertz CT molecular complexity index is 675. The average Bonchev–Trinajstić information content (AvgIpc) is 2.70. The van der Waals surface area contributed by atoms with Crippen molar-refractivity contribution in [3.63, 3.8) is 0 Å². The van der Waals surface area contributed by atoms with Crippen molar-refractivity contribution in [2.45, 2.75) is 0 Å². The molecule has 0 atom stereocenters. The summed E-state index contributed by atoms with van der Waals surface area (Å²) in [6.07, 6.45) is 0. The summed E-state index contributed by atoms with van der Waals surface area (Å²) in [7, 11) is 1.57. The largest absolute Gasteiger partial charge is 0.480 e. The highest BCUT2D eigenvalue weighted by molar-refractivity contribution is 5.96. The highest BCUT2D eigenvalue weighted by atomic mass is 16.5. The molecule has 0 unspecified atom stereocenters. The Labute approximate surface area is 90.6 Å². The van der Waals surface area contributed by atoms with Crippen molar-refractivity contribution in [3.8, 4) is 5.88 Å². The molecule has 2 N–H and O–H groups in total. The summed E-state index contributed by atoms with van der Waals surface area (Å²) >= 11 is 0. The van der Waals surface area contributed by atoms with Gasteiger partial charge in [0, 0.05) is 10.8 Å². The van der Waals surface area contributed by atoms with Gasteiger partial charge >= 0.3 is 0 Å². The number of nitrogen functional groups attached to an aromatic ring is 1. The van der Waals surface area contributed by atoms with Crippen molar-refractivity contribution in [2.24, 2.45) is 0 Å². The first kappa shape index (κ1) is 8.90. The smallest absolute Gasteiger partial charge is 0.243 e. The lowest BCUT2D eigenvalue weighted by molar-refractivity contribution is 0.396. The molecule has 2 heterocycles. The molecule has 0 aliphatic carbocycles. The zero-order chi connectivity index (χ0) is 11.1. The van der Waals surface area contributed by atoms with Crippen molar-refractivity contribution in [1.82, 2.24) is 19.8 Å². The Kier molecular flexibility index (Phi) is 1.70. The summed E-state index contributed by atoms with van der Waals surface area (Å²) in [5.74, 6) is 0.758. The van der Waals surface area contributed by atoms with E-state index in [4.69, 9.17) is 10.5 Å². The molecule has 0 aliphatic rings. The fraction of sp³-hybridized carbons (Fsp3) is 0.100. The number of methoxy groups -OCH3 is 1. The van der Waals surface area contributed by atoms with Crippen LogP contribution in [0.1, 0.15) is 0 Å². The third-order valence-electron chi connectivity index (χ3n) is 2.45. The van der Waals surface area contributed by atoms with Crippen LogP contribution in [0, 0.1) is 0 Å². The van der Waals surface area contributed by atoms with E-state index in [-0.39, 0.29) is 5.95 Å². The maximum Gasteiger partial charge on any atom is 0.243 e. The first-order valence-corrected chi connectivity index (χ1v) is 4.75. The van der Waals surface area contributed by atoms with Crippen LogP contribution in [0.5, 0.6) is 5.88 Å². The summed E-state index contributed by atoms with van der Waals surface area (Å²) in [4.78, 5) is 0. The molecule has 0 amide bonds. The molecule has 3 rings (SSSR count). The van der Waals surface area contributed by atoms with Crippen LogP contribution in [0.4, 0.5) is 5.95 Å². The van der Waals surface area contributed by atoms with E-state index in [9.17, 15) is 0 Å². The number of hydrogen-bond acceptors (Lipinski definition) is 5. The van der Waals surface area contributed by atoms with Gasteiger partial charge in [0.25, 0.3) is 0 Å². The zero-order valence-electron chi connectivity index (χ0n) is 8.58. The minimum Gasteiger partial charge on any atom is -0.480 e. The topological polar surface area (TPSA) is 78.3 Å². The monoisotopic (exact) mass is 215 g/mol. The van der Waals surface area contributed by atoms with Gasteiger partial charge in [-0.25, -0.2) is 0 Å². The molecule has 0 saturated carbocycles. The molecular formula is C10H9N5O. The molecule has 2 aromatic heterocycles. The summed E-state index contributed by atoms with van der Waals surface area (Å²) in [6.45, 7) is 0. The molecule has 0 saturated heterocycles. The minimum absolute atomic E-state index is 0.249. The van der Waals surface area contributed by atoms with Gasteiger partial charge in [0.1, 0.15) is 0 Å². The van der Waals surface area contributed by atoms with E-state index in [1.165, 1.54) is 4.52 Å². The lowest BCUT2D eigenvalue weighted by atomic mass is 10.2. The number of nitrogens with zero attached hydrogens (tertiary/aromatic N) is 4. The van der Waals surface area contributed by atoms with Crippen LogP contribution >= 0.6 is 0 Å². The summed E-state index contributed by atoms with van der Waals surface area (Å²) in [5.41, 5.74) is 6.30. The van der Waals surface area contributed by atoms with Crippen molar-refractivity contribution >= 4 is 22.4 Å². The van der Waals surface area contributed by atoms with Gasteiger partial charge < -0.3 is 10.5 Å². The normalized spacial score (nSPS) is 11.1. The first-order chi connectivity index (χ1) is 7.81. The van der Waals surface area contributed by atoms with Gasteiger partial charge in [-0.15, -0.1) is 15.3 Å². The van der Waals surface area contributed by atoms with Crippen LogP contribution in [0.2, 0.25) is 0 Å². The third-order valence-corrected chi connectivity index (χ3v) is 2.45. The minimum atomic E-state index is 0.249. The predicted octanol–water partition coefficient (Wildman–Crippen LogP) is 0.868. The second-order valence-electron chi connectivity index (χ2n) is 3.35. The van der Waals surface area contributed by atoms with Crippen molar-refractivity contribution in [2.75, 3.05) is 12.8 Å². The summed E-state index contributed by atoms with van der Waals surface area (Å²) < 4.78 is 6.69. The zero-order valence-corrected chi connectivity index (χ0v) is 8.58. The molecule has 16 heavy (non-hydrogen) atoms. The fourth-order valence-electron chi connectivity index (χ4n) is 1.72. The predicted molar refractivity (Wildman–Crippen MR) is 59.3 cm³/mol. The number of hydrogen-bond donors (Lipinski definition) is 1. The molecule has 3 aromatic rings. The van der Waals surface area contributed by atoms with E-state index in [1.807, 2.05) is 24.3 Å². The van der Waals surface area contributed by atoms with Gasteiger partial charge in [-0.05, 0) is 6.07 Å². The summed E-state index contributed by atoms with van der Waals surface area (Å²) in [6, 6.07) is 7.70. The number of anilines is 1. The van der Waals surface area contributed by atoms with E-state index in [1.54, 1.807) is 7.11 Å². The molecule has 1 aromatic carbocycles. The number of aromatic nitrogens is 4. The van der Waals surface area contributed by atoms with Crippen molar-refractivity contribution in [3.05, 3.63) is 24.3 Å². The van der Waals surface area contributed by atoms with Crippen LogP contribution in [0.15, 0.2) is 24.3 Å². The van der Waals surface area contributed by atoms with Crippen LogP contribution in [-0.4, -0.2) is 26.9 Å². The van der Waals surface area contributed by atoms with E-state index in [0.717, 1.165) is 10.8 Å². The average molecular weight is 215 g/mol. The first-order valence-electron chi connectivity index (χ1n) is 4.75.